The van der Waals surface area contributed by atoms with Gasteiger partial charge < -0.3 is 14.1 Å². The summed E-state index contributed by atoms with van der Waals surface area (Å²) < 4.78 is 11.2. The van der Waals surface area contributed by atoms with Gasteiger partial charge in [-0.3, -0.25) is 9.69 Å². The highest BCUT2D eigenvalue weighted by Gasteiger charge is 2.30. The maximum atomic E-state index is 13.2. The lowest BCUT2D eigenvalue weighted by Crippen LogP contribution is -2.46. The Bertz CT molecular complexity index is 575. The van der Waals surface area contributed by atoms with E-state index in [9.17, 15) is 4.79 Å². The van der Waals surface area contributed by atoms with Gasteiger partial charge in [-0.25, -0.2) is 0 Å². The van der Waals surface area contributed by atoms with Gasteiger partial charge in [0.05, 0.1) is 18.8 Å². The summed E-state index contributed by atoms with van der Waals surface area (Å²) in [4.78, 5) is 17.7. The molecule has 1 aromatic heterocycles. The highest BCUT2D eigenvalue weighted by molar-refractivity contribution is 5.95. The Labute approximate surface area is 151 Å². The Hall–Kier alpha value is -1.33. The molecule has 0 bridgehead atoms. The van der Waals surface area contributed by atoms with E-state index in [1.165, 1.54) is 6.42 Å². The molecule has 0 saturated carbocycles. The molecule has 3 heterocycles. The Morgan fingerprint density at radius 2 is 2.00 bits per heavy atom. The van der Waals surface area contributed by atoms with Gasteiger partial charge in [0.25, 0.3) is 5.91 Å². The fourth-order valence-corrected chi connectivity index (χ4v) is 3.88. The predicted octanol–water partition coefficient (Wildman–Crippen LogP) is 3.43. The SMILES string of the molecule is Cc1oc(C(C)C)cc1C(=O)N1CCCCC1CCN1CCOCC1. The lowest BCUT2D eigenvalue weighted by Gasteiger charge is -2.37. The van der Waals surface area contributed by atoms with E-state index in [2.05, 4.69) is 23.6 Å². The van der Waals surface area contributed by atoms with E-state index in [1.54, 1.807) is 0 Å². The zero-order chi connectivity index (χ0) is 17.8. The van der Waals surface area contributed by atoms with Gasteiger partial charge in [0.15, 0.2) is 0 Å². The van der Waals surface area contributed by atoms with Crippen LogP contribution in [0, 0.1) is 6.92 Å². The fourth-order valence-electron chi connectivity index (χ4n) is 3.88. The van der Waals surface area contributed by atoms with Crippen LogP contribution < -0.4 is 0 Å². The molecular formula is C20H32N2O3. The summed E-state index contributed by atoms with van der Waals surface area (Å²) >= 11 is 0. The van der Waals surface area contributed by atoms with E-state index < -0.39 is 0 Å². The Morgan fingerprint density at radius 1 is 1.24 bits per heavy atom. The number of ether oxygens (including phenoxy) is 1. The predicted molar refractivity (Wildman–Crippen MR) is 98.1 cm³/mol. The quantitative estimate of drug-likeness (QED) is 0.818. The minimum atomic E-state index is 0.153. The van der Waals surface area contributed by atoms with E-state index in [0.717, 1.165) is 75.7 Å². The largest absolute Gasteiger partial charge is 0.465 e. The number of carbonyl (C=O) groups is 1. The van der Waals surface area contributed by atoms with E-state index in [1.807, 2.05) is 13.0 Å². The van der Waals surface area contributed by atoms with Crippen molar-refractivity contribution in [2.75, 3.05) is 39.4 Å². The summed E-state index contributed by atoms with van der Waals surface area (Å²) in [5, 5.41) is 0. The van der Waals surface area contributed by atoms with Crippen LogP contribution in [-0.2, 0) is 4.74 Å². The molecule has 1 unspecified atom stereocenters. The lowest BCUT2D eigenvalue weighted by atomic mass is 9.97. The van der Waals surface area contributed by atoms with Crippen LogP contribution in [0.2, 0.25) is 0 Å². The van der Waals surface area contributed by atoms with Crippen LogP contribution in [0.5, 0.6) is 0 Å². The molecule has 5 nitrogen and oxygen atoms in total. The number of nitrogens with zero attached hydrogens (tertiary/aromatic N) is 2. The zero-order valence-corrected chi connectivity index (χ0v) is 15.9. The molecule has 2 aliphatic heterocycles. The van der Waals surface area contributed by atoms with Gasteiger partial charge in [-0.05, 0) is 38.7 Å². The third-order valence-corrected chi connectivity index (χ3v) is 5.51. The summed E-state index contributed by atoms with van der Waals surface area (Å²) in [7, 11) is 0. The number of carbonyl (C=O) groups excluding carboxylic acids is 1. The highest BCUT2D eigenvalue weighted by atomic mass is 16.5. The highest BCUT2D eigenvalue weighted by Crippen LogP contribution is 2.27. The molecule has 0 N–H and O–H groups in total. The number of rotatable bonds is 5. The number of furan rings is 1. The summed E-state index contributed by atoms with van der Waals surface area (Å²) in [6, 6.07) is 2.30. The number of hydrogen-bond donors (Lipinski definition) is 0. The Kier molecular flexibility index (Phi) is 6.18. The number of piperidine rings is 1. The Balaban J connectivity index is 1.66. The van der Waals surface area contributed by atoms with Crippen LogP contribution in [0.25, 0.3) is 0 Å². The van der Waals surface area contributed by atoms with Gasteiger partial charge in [0.2, 0.25) is 0 Å². The second-order valence-electron chi connectivity index (χ2n) is 7.66. The first kappa shape index (κ1) is 18.5. The number of likely N-dealkylation sites (tertiary alicyclic amines) is 1. The molecule has 1 aromatic rings. The van der Waals surface area contributed by atoms with Crippen LogP contribution in [0.15, 0.2) is 10.5 Å². The molecule has 1 amide bonds. The van der Waals surface area contributed by atoms with Crippen molar-refractivity contribution >= 4 is 5.91 Å². The van der Waals surface area contributed by atoms with E-state index >= 15 is 0 Å². The summed E-state index contributed by atoms with van der Waals surface area (Å²) in [5.74, 6) is 2.12. The van der Waals surface area contributed by atoms with Crippen LogP contribution >= 0.6 is 0 Å². The lowest BCUT2D eigenvalue weighted by molar-refractivity contribution is 0.0295. The first-order valence-corrected chi connectivity index (χ1v) is 9.77. The van der Waals surface area contributed by atoms with Crippen LogP contribution in [0.3, 0.4) is 0 Å². The van der Waals surface area contributed by atoms with Gasteiger partial charge in [0.1, 0.15) is 11.5 Å². The average Bonchev–Trinajstić information content (AvgIpc) is 3.02. The minimum absolute atomic E-state index is 0.153. The summed E-state index contributed by atoms with van der Waals surface area (Å²) in [6.07, 6.45) is 4.50. The molecule has 0 aliphatic carbocycles. The van der Waals surface area contributed by atoms with E-state index in [-0.39, 0.29) is 5.91 Å². The molecule has 2 fully saturated rings. The number of morpholine rings is 1. The molecule has 1 atom stereocenters. The Morgan fingerprint density at radius 3 is 2.68 bits per heavy atom. The zero-order valence-electron chi connectivity index (χ0n) is 15.9. The number of hydrogen-bond acceptors (Lipinski definition) is 4. The van der Waals surface area contributed by atoms with E-state index in [4.69, 9.17) is 9.15 Å². The maximum Gasteiger partial charge on any atom is 0.257 e. The molecule has 25 heavy (non-hydrogen) atoms. The molecule has 140 valence electrons. The molecule has 2 aliphatic rings. The van der Waals surface area contributed by atoms with Gasteiger partial charge >= 0.3 is 0 Å². The summed E-state index contributed by atoms with van der Waals surface area (Å²) in [6.45, 7) is 11.7. The van der Waals surface area contributed by atoms with Crippen LogP contribution in [0.1, 0.15) is 67.3 Å². The van der Waals surface area contributed by atoms with E-state index in [0.29, 0.717) is 12.0 Å². The normalized spacial score (nSPS) is 22.6. The monoisotopic (exact) mass is 348 g/mol. The average molecular weight is 348 g/mol. The van der Waals surface area contributed by atoms with Crippen molar-refractivity contribution in [2.45, 2.75) is 58.4 Å². The number of amides is 1. The third-order valence-electron chi connectivity index (χ3n) is 5.51. The molecular weight excluding hydrogens is 316 g/mol. The topological polar surface area (TPSA) is 45.9 Å². The standard InChI is InChI=1S/C20H32N2O3/c1-15(2)19-14-18(16(3)25-19)20(23)22-8-5-4-6-17(22)7-9-21-10-12-24-13-11-21/h14-15,17H,4-13H2,1-3H3. The first-order chi connectivity index (χ1) is 12.1. The van der Waals surface area contributed by atoms with Gasteiger partial charge in [-0.2, -0.15) is 0 Å². The van der Waals surface area contributed by atoms with Crippen molar-refractivity contribution in [3.8, 4) is 0 Å². The number of aryl methyl sites for hydroxylation is 1. The van der Waals surface area contributed by atoms with Crippen LogP contribution in [-0.4, -0.2) is 61.1 Å². The minimum Gasteiger partial charge on any atom is -0.465 e. The molecule has 3 rings (SSSR count). The van der Waals surface area contributed by atoms with Crippen molar-refractivity contribution < 1.29 is 13.9 Å². The van der Waals surface area contributed by atoms with Gasteiger partial charge in [-0.1, -0.05) is 13.8 Å². The smallest absolute Gasteiger partial charge is 0.257 e. The van der Waals surface area contributed by atoms with Crippen molar-refractivity contribution in [3.63, 3.8) is 0 Å². The van der Waals surface area contributed by atoms with Gasteiger partial charge in [0, 0.05) is 38.1 Å². The molecule has 5 heteroatoms. The molecule has 0 spiro atoms. The second kappa shape index (κ2) is 8.37. The fraction of sp³-hybridized carbons (Fsp3) is 0.750. The summed E-state index contributed by atoms with van der Waals surface area (Å²) in [5.41, 5.74) is 0.752. The molecule has 0 radical (unpaired) electrons. The third kappa shape index (κ3) is 4.45. The van der Waals surface area contributed by atoms with Crippen molar-refractivity contribution in [2.24, 2.45) is 0 Å². The first-order valence-electron chi connectivity index (χ1n) is 9.77. The molecule has 0 aromatic carbocycles. The van der Waals surface area contributed by atoms with Crippen molar-refractivity contribution in [1.29, 1.82) is 0 Å². The maximum absolute atomic E-state index is 13.2. The molecule has 2 saturated heterocycles. The van der Waals surface area contributed by atoms with Crippen LogP contribution in [0.4, 0.5) is 0 Å². The van der Waals surface area contributed by atoms with Crippen molar-refractivity contribution in [1.82, 2.24) is 9.80 Å². The van der Waals surface area contributed by atoms with Crippen molar-refractivity contribution in [3.05, 3.63) is 23.2 Å². The second-order valence-corrected chi connectivity index (χ2v) is 7.66. The van der Waals surface area contributed by atoms with Gasteiger partial charge in [-0.15, -0.1) is 0 Å².